The van der Waals surface area contributed by atoms with Gasteiger partial charge in [0, 0.05) is 15.9 Å². The van der Waals surface area contributed by atoms with Crippen molar-refractivity contribution in [3.63, 3.8) is 0 Å². The lowest BCUT2D eigenvalue weighted by Crippen LogP contribution is -2.15. The smallest absolute Gasteiger partial charge is 0.122 e. The molecule has 0 heterocycles. The number of allylic oxidation sites excluding steroid dienone is 2. The SMILES string of the molecule is ClC1=CC(Oc2cccc(Cl)c2)CC=C1Br. The maximum atomic E-state index is 6.00. The zero-order chi connectivity index (χ0) is 11.5. The summed E-state index contributed by atoms with van der Waals surface area (Å²) in [6.07, 6.45) is 4.64. The number of rotatable bonds is 2. The van der Waals surface area contributed by atoms with Gasteiger partial charge in [0.25, 0.3) is 0 Å². The Balaban J connectivity index is 2.07. The van der Waals surface area contributed by atoms with Crippen molar-refractivity contribution in [2.75, 3.05) is 0 Å². The van der Waals surface area contributed by atoms with Crippen LogP contribution in [0.4, 0.5) is 0 Å². The molecule has 0 amide bonds. The Labute approximate surface area is 113 Å². The van der Waals surface area contributed by atoms with Gasteiger partial charge in [0.05, 0.1) is 5.03 Å². The van der Waals surface area contributed by atoms with Gasteiger partial charge in [-0.3, -0.25) is 0 Å². The van der Waals surface area contributed by atoms with Gasteiger partial charge in [-0.05, 0) is 40.2 Å². The van der Waals surface area contributed by atoms with Gasteiger partial charge in [0.2, 0.25) is 0 Å². The summed E-state index contributed by atoms with van der Waals surface area (Å²) in [6.45, 7) is 0. The van der Waals surface area contributed by atoms with E-state index < -0.39 is 0 Å². The number of hydrogen-bond acceptors (Lipinski definition) is 1. The highest BCUT2D eigenvalue weighted by Crippen LogP contribution is 2.29. The highest BCUT2D eigenvalue weighted by atomic mass is 79.9. The number of ether oxygens (including phenoxy) is 1. The van der Waals surface area contributed by atoms with Gasteiger partial charge in [-0.2, -0.15) is 0 Å². The predicted molar refractivity (Wildman–Crippen MR) is 71.4 cm³/mol. The van der Waals surface area contributed by atoms with Gasteiger partial charge in [0.1, 0.15) is 11.9 Å². The molecular formula is C12H9BrCl2O. The predicted octanol–water partition coefficient (Wildman–Crippen LogP) is 4.89. The molecule has 0 N–H and O–H groups in total. The Hall–Kier alpha value is -0.440. The third kappa shape index (κ3) is 3.03. The topological polar surface area (TPSA) is 9.23 Å². The average Bonchev–Trinajstić information content (AvgIpc) is 2.24. The van der Waals surface area contributed by atoms with Crippen molar-refractivity contribution in [2.45, 2.75) is 12.5 Å². The van der Waals surface area contributed by atoms with Crippen LogP contribution in [-0.2, 0) is 0 Å². The summed E-state index contributed by atoms with van der Waals surface area (Å²) in [4.78, 5) is 0. The Bertz CT molecular complexity index is 454. The summed E-state index contributed by atoms with van der Waals surface area (Å²) >= 11 is 15.2. The second-order valence-corrected chi connectivity index (χ2v) is 5.11. The van der Waals surface area contributed by atoms with Crippen molar-refractivity contribution >= 4 is 39.1 Å². The van der Waals surface area contributed by atoms with Gasteiger partial charge in [-0.25, -0.2) is 0 Å². The maximum Gasteiger partial charge on any atom is 0.122 e. The molecule has 1 aliphatic carbocycles. The van der Waals surface area contributed by atoms with E-state index in [1.54, 1.807) is 6.07 Å². The number of halogens is 3. The Morgan fingerprint density at radius 2 is 2.12 bits per heavy atom. The molecule has 16 heavy (non-hydrogen) atoms. The Kier molecular flexibility index (Phi) is 3.95. The van der Waals surface area contributed by atoms with E-state index in [0.717, 1.165) is 16.7 Å². The third-order valence-corrected chi connectivity index (χ3v) is 3.72. The molecular weight excluding hydrogens is 311 g/mol. The molecule has 0 saturated carbocycles. The normalized spacial score (nSPS) is 20.1. The van der Waals surface area contributed by atoms with Crippen LogP contribution in [0, 0.1) is 0 Å². The van der Waals surface area contributed by atoms with Gasteiger partial charge >= 0.3 is 0 Å². The van der Waals surface area contributed by atoms with Crippen molar-refractivity contribution in [3.8, 4) is 5.75 Å². The minimum atomic E-state index is -0.0349. The van der Waals surface area contributed by atoms with E-state index in [0.29, 0.717) is 10.1 Å². The highest BCUT2D eigenvalue weighted by Gasteiger charge is 2.14. The van der Waals surface area contributed by atoms with Crippen LogP contribution in [0.1, 0.15) is 6.42 Å². The quantitative estimate of drug-likeness (QED) is 0.754. The molecule has 4 heteroatoms. The fraction of sp³-hybridized carbons (Fsp3) is 0.167. The first-order chi connectivity index (χ1) is 7.65. The first-order valence-electron chi connectivity index (χ1n) is 4.81. The molecule has 1 aromatic carbocycles. The van der Waals surface area contributed by atoms with E-state index in [2.05, 4.69) is 15.9 Å². The third-order valence-electron chi connectivity index (χ3n) is 2.17. The summed E-state index contributed by atoms with van der Waals surface area (Å²) < 4.78 is 6.66. The van der Waals surface area contributed by atoms with E-state index in [-0.39, 0.29) is 6.10 Å². The molecule has 0 fully saturated rings. The monoisotopic (exact) mass is 318 g/mol. The van der Waals surface area contributed by atoms with E-state index in [1.165, 1.54) is 0 Å². The molecule has 2 rings (SSSR count). The summed E-state index contributed by atoms with van der Waals surface area (Å²) in [7, 11) is 0. The zero-order valence-corrected chi connectivity index (χ0v) is 11.4. The fourth-order valence-electron chi connectivity index (χ4n) is 1.43. The molecule has 1 nitrogen and oxygen atoms in total. The van der Waals surface area contributed by atoms with E-state index in [1.807, 2.05) is 30.4 Å². The van der Waals surface area contributed by atoms with Gasteiger partial charge < -0.3 is 4.74 Å². The van der Waals surface area contributed by atoms with Crippen LogP contribution in [0.15, 0.2) is 45.9 Å². The van der Waals surface area contributed by atoms with Crippen LogP contribution in [-0.4, -0.2) is 6.10 Å². The largest absolute Gasteiger partial charge is 0.486 e. The summed E-state index contributed by atoms with van der Waals surface area (Å²) in [5, 5.41) is 1.35. The molecule has 1 aliphatic rings. The molecule has 1 atom stereocenters. The van der Waals surface area contributed by atoms with Gasteiger partial charge in [0.15, 0.2) is 0 Å². The van der Waals surface area contributed by atoms with Gasteiger partial charge in [-0.15, -0.1) is 0 Å². The van der Waals surface area contributed by atoms with Gasteiger partial charge in [-0.1, -0.05) is 35.3 Å². The van der Waals surface area contributed by atoms with Crippen LogP contribution in [0.3, 0.4) is 0 Å². The molecule has 0 aliphatic heterocycles. The Morgan fingerprint density at radius 1 is 1.31 bits per heavy atom. The first kappa shape index (κ1) is 12.0. The van der Waals surface area contributed by atoms with Crippen molar-refractivity contribution in [2.24, 2.45) is 0 Å². The number of hydrogen-bond donors (Lipinski definition) is 0. The second kappa shape index (κ2) is 5.26. The summed E-state index contributed by atoms with van der Waals surface area (Å²) in [6, 6.07) is 7.34. The highest BCUT2D eigenvalue weighted by molar-refractivity contribution is 9.12. The molecule has 0 saturated heterocycles. The first-order valence-corrected chi connectivity index (χ1v) is 6.35. The average molecular weight is 320 g/mol. The van der Waals surface area contributed by atoms with Crippen LogP contribution in [0.2, 0.25) is 5.02 Å². The van der Waals surface area contributed by atoms with Crippen molar-refractivity contribution in [3.05, 3.63) is 51.0 Å². The number of benzene rings is 1. The molecule has 0 spiro atoms. The van der Waals surface area contributed by atoms with E-state index >= 15 is 0 Å². The summed E-state index contributed by atoms with van der Waals surface area (Å²) in [5.41, 5.74) is 0. The molecule has 1 aromatic rings. The van der Waals surface area contributed by atoms with Crippen molar-refractivity contribution in [1.29, 1.82) is 0 Å². The zero-order valence-electron chi connectivity index (χ0n) is 8.29. The molecule has 84 valence electrons. The lowest BCUT2D eigenvalue weighted by molar-refractivity contribution is 0.251. The van der Waals surface area contributed by atoms with E-state index in [9.17, 15) is 0 Å². The molecule has 0 radical (unpaired) electrons. The van der Waals surface area contributed by atoms with Crippen LogP contribution < -0.4 is 4.74 Å². The molecule has 0 bridgehead atoms. The molecule has 0 aromatic heterocycles. The molecule has 1 unspecified atom stereocenters. The standard InChI is InChI=1S/C12H9BrCl2O/c13-11-5-4-10(7-12(11)15)16-9-3-1-2-8(14)6-9/h1-3,5-7,10H,4H2. The second-order valence-electron chi connectivity index (χ2n) is 3.42. The van der Waals surface area contributed by atoms with Crippen LogP contribution in [0.25, 0.3) is 0 Å². The van der Waals surface area contributed by atoms with Crippen LogP contribution in [0.5, 0.6) is 5.75 Å². The minimum Gasteiger partial charge on any atom is -0.486 e. The fourth-order valence-corrected chi connectivity index (χ4v) is 2.14. The van der Waals surface area contributed by atoms with Crippen molar-refractivity contribution in [1.82, 2.24) is 0 Å². The maximum absolute atomic E-state index is 6.00. The summed E-state index contributed by atoms with van der Waals surface area (Å²) in [5.74, 6) is 0.754. The van der Waals surface area contributed by atoms with E-state index in [4.69, 9.17) is 27.9 Å². The van der Waals surface area contributed by atoms with Crippen LogP contribution >= 0.6 is 39.1 Å². The van der Waals surface area contributed by atoms with Crippen molar-refractivity contribution < 1.29 is 4.74 Å². The lowest BCUT2D eigenvalue weighted by atomic mass is 10.1. The Morgan fingerprint density at radius 3 is 2.81 bits per heavy atom. The minimum absolute atomic E-state index is 0.0349. The lowest BCUT2D eigenvalue weighted by Gasteiger charge is -2.18.